The van der Waals surface area contributed by atoms with E-state index in [1.807, 2.05) is 6.07 Å². The van der Waals surface area contributed by atoms with Crippen LogP contribution in [0, 0.1) is 0 Å². The number of benzene rings is 2. The predicted octanol–water partition coefficient (Wildman–Crippen LogP) is 5.58. The highest BCUT2D eigenvalue weighted by atomic mass is 79.9. The van der Waals surface area contributed by atoms with Gasteiger partial charge in [0.2, 0.25) is 5.95 Å². The molecule has 9 heteroatoms. The molecule has 3 heterocycles. The van der Waals surface area contributed by atoms with Crippen molar-refractivity contribution >= 4 is 61.7 Å². The van der Waals surface area contributed by atoms with Crippen LogP contribution in [0.4, 0.5) is 11.6 Å². The van der Waals surface area contributed by atoms with Gasteiger partial charge < -0.3 is 10.2 Å². The van der Waals surface area contributed by atoms with Gasteiger partial charge >= 0.3 is 0 Å². The van der Waals surface area contributed by atoms with Crippen molar-refractivity contribution in [1.29, 1.82) is 0 Å². The van der Waals surface area contributed by atoms with E-state index in [9.17, 15) is 4.79 Å². The Morgan fingerprint density at radius 2 is 1.91 bits per heavy atom. The van der Waals surface area contributed by atoms with Crippen LogP contribution in [0.3, 0.4) is 0 Å². The van der Waals surface area contributed by atoms with Crippen LogP contribution in [0.25, 0.3) is 16.6 Å². The molecule has 2 aromatic carbocycles. The topological polar surface area (TPSA) is 63.1 Å². The quantitative estimate of drug-likeness (QED) is 0.374. The van der Waals surface area contributed by atoms with Crippen molar-refractivity contribution in [2.24, 2.45) is 0 Å². The summed E-state index contributed by atoms with van der Waals surface area (Å²) in [6.45, 7) is 1.98. The Morgan fingerprint density at radius 1 is 1.12 bits per heavy atom. The number of aromatic nitrogens is 3. The summed E-state index contributed by atoms with van der Waals surface area (Å²) < 4.78 is 2.04. The number of hydrogen-bond donors (Lipinski definition) is 1. The summed E-state index contributed by atoms with van der Waals surface area (Å²) in [5.74, 6) is 0.412. The molecule has 0 fully saturated rings. The zero-order valence-corrected chi connectivity index (χ0v) is 20.2. The average molecular weight is 531 g/mol. The maximum Gasteiger partial charge on any atom is 0.266 e. The summed E-state index contributed by atoms with van der Waals surface area (Å²) in [6, 6.07) is 11.4. The molecule has 5 rings (SSSR count). The van der Waals surface area contributed by atoms with E-state index < -0.39 is 0 Å². The minimum atomic E-state index is -0.304. The normalized spacial score (nSPS) is 13.9. The van der Waals surface area contributed by atoms with Gasteiger partial charge in [-0.3, -0.25) is 9.36 Å². The minimum absolute atomic E-state index is 0.304. The molecular formula is C23H18BrCl2N5O. The van der Waals surface area contributed by atoms with Gasteiger partial charge in [-0.1, -0.05) is 35.3 Å². The number of nitrogens with zero attached hydrogens (tertiary/aromatic N) is 4. The van der Waals surface area contributed by atoms with Crippen molar-refractivity contribution in [3.63, 3.8) is 0 Å². The molecule has 6 nitrogen and oxygen atoms in total. The van der Waals surface area contributed by atoms with E-state index in [2.05, 4.69) is 55.3 Å². The molecule has 0 saturated carbocycles. The van der Waals surface area contributed by atoms with Crippen molar-refractivity contribution in [3.05, 3.63) is 84.8 Å². The number of likely N-dealkylation sites (N-methyl/N-ethyl adjacent to an activating group) is 1. The molecular weight excluding hydrogens is 513 g/mol. The third kappa shape index (κ3) is 3.90. The molecule has 0 unspecified atom stereocenters. The van der Waals surface area contributed by atoms with Gasteiger partial charge in [0, 0.05) is 31.2 Å². The van der Waals surface area contributed by atoms with E-state index in [1.54, 1.807) is 24.4 Å². The molecule has 32 heavy (non-hydrogen) atoms. The lowest BCUT2D eigenvalue weighted by atomic mass is 9.99. The maximum atomic E-state index is 13.2. The van der Waals surface area contributed by atoms with Crippen LogP contribution < -0.4 is 10.9 Å². The fourth-order valence-electron chi connectivity index (χ4n) is 3.93. The van der Waals surface area contributed by atoms with Crippen LogP contribution in [0.5, 0.6) is 0 Å². The number of anilines is 2. The zero-order chi connectivity index (χ0) is 22.4. The molecule has 0 atom stereocenters. The first-order chi connectivity index (χ1) is 15.4. The Bertz CT molecular complexity index is 1400. The summed E-state index contributed by atoms with van der Waals surface area (Å²) in [5, 5.41) is 4.37. The number of hydrogen-bond acceptors (Lipinski definition) is 5. The summed E-state index contributed by atoms with van der Waals surface area (Å²) in [4.78, 5) is 24.4. The minimum Gasteiger partial charge on any atom is -0.324 e. The van der Waals surface area contributed by atoms with Gasteiger partial charge in [0.15, 0.2) is 0 Å². The second-order valence-corrected chi connectivity index (χ2v) is 9.44. The summed E-state index contributed by atoms with van der Waals surface area (Å²) >= 11 is 16.2. The molecule has 0 amide bonds. The molecule has 4 aromatic rings. The fourth-order valence-corrected chi connectivity index (χ4v) is 5.02. The van der Waals surface area contributed by atoms with E-state index in [0.717, 1.165) is 25.2 Å². The van der Waals surface area contributed by atoms with Crippen molar-refractivity contribution in [3.8, 4) is 5.69 Å². The third-order valence-corrected chi connectivity index (χ3v) is 6.74. The van der Waals surface area contributed by atoms with Gasteiger partial charge in [-0.25, -0.2) is 9.97 Å². The number of pyridine rings is 1. The van der Waals surface area contributed by atoms with Crippen LogP contribution in [-0.2, 0) is 13.0 Å². The Hall–Kier alpha value is -2.45. The Balaban J connectivity index is 1.54. The highest BCUT2D eigenvalue weighted by molar-refractivity contribution is 9.10. The Morgan fingerprint density at radius 3 is 2.69 bits per heavy atom. The summed E-state index contributed by atoms with van der Waals surface area (Å²) in [5.41, 5.74) is 4.20. The van der Waals surface area contributed by atoms with Gasteiger partial charge in [-0.05, 0) is 64.8 Å². The van der Waals surface area contributed by atoms with Crippen LogP contribution >= 0.6 is 39.1 Å². The smallest absolute Gasteiger partial charge is 0.266 e. The van der Waals surface area contributed by atoms with Gasteiger partial charge in [0.1, 0.15) is 0 Å². The molecule has 0 spiro atoms. The van der Waals surface area contributed by atoms with Gasteiger partial charge in [0.05, 0.1) is 31.1 Å². The van der Waals surface area contributed by atoms with E-state index in [-0.39, 0.29) is 5.56 Å². The summed E-state index contributed by atoms with van der Waals surface area (Å²) in [7, 11) is 2.12. The highest BCUT2D eigenvalue weighted by Gasteiger charge is 2.17. The molecule has 2 aromatic heterocycles. The lowest BCUT2D eigenvalue weighted by molar-refractivity contribution is 0.313. The highest BCUT2D eigenvalue weighted by Crippen LogP contribution is 2.30. The molecule has 1 aliphatic rings. The lowest BCUT2D eigenvalue weighted by Crippen LogP contribution is -2.26. The molecule has 0 radical (unpaired) electrons. The fraction of sp³-hybridized carbons (Fsp3) is 0.174. The number of halogens is 3. The van der Waals surface area contributed by atoms with Crippen LogP contribution in [0.1, 0.15) is 11.1 Å². The molecule has 0 saturated heterocycles. The van der Waals surface area contributed by atoms with Crippen molar-refractivity contribution < 1.29 is 0 Å². The second-order valence-electron chi connectivity index (χ2n) is 7.77. The van der Waals surface area contributed by atoms with E-state index in [0.29, 0.717) is 37.1 Å². The first kappa shape index (κ1) is 21.4. The Kier molecular flexibility index (Phi) is 5.67. The van der Waals surface area contributed by atoms with Crippen LogP contribution in [-0.4, -0.2) is 33.0 Å². The average Bonchev–Trinajstić information content (AvgIpc) is 2.76. The van der Waals surface area contributed by atoms with E-state index >= 15 is 0 Å². The first-order valence-corrected chi connectivity index (χ1v) is 11.6. The zero-order valence-electron chi connectivity index (χ0n) is 17.1. The van der Waals surface area contributed by atoms with Gasteiger partial charge in [0.25, 0.3) is 5.56 Å². The maximum absolute atomic E-state index is 13.2. The number of para-hydroxylation sites is 1. The van der Waals surface area contributed by atoms with E-state index in [4.69, 9.17) is 23.2 Å². The monoisotopic (exact) mass is 529 g/mol. The summed E-state index contributed by atoms with van der Waals surface area (Å²) in [6.07, 6.45) is 4.20. The van der Waals surface area contributed by atoms with Crippen molar-refractivity contribution in [1.82, 2.24) is 19.4 Å². The molecule has 1 aliphatic heterocycles. The third-order valence-electron chi connectivity index (χ3n) is 5.55. The van der Waals surface area contributed by atoms with Crippen LogP contribution in [0.2, 0.25) is 10.0 Å². The largest absolute Gasteiger partial charge is 0.324 e. The molecule has 1 N–H and O–H groups in total. The van der Waals surface area contributed by atoms with Gasteiger partial charge in [-0.15, -0.1) is 0 Å². The SMILES string of the molecule is CN1CCc2ccc(Nc3ncc4c(=O)n(-c5c(Cl)cccc5Cl)cc(Br)c4n3)cc2C1. The number of nitrogens with one attached hydrogen (secondary N) is 1. The standard InChI is InChI=1S/C23H18BrCl2N5O/c1-30-8-7-13-5-6-15(9-14(13)11-30)28-23-27-10-16-20(29-23)17(24)12-31(22(16)32)21-18(25)3-2-4-19(21)26/h2-6,9-10,12H,7-8,11H2,1H3,(H,27,28,29). The lowest BCUT2D eigenvalue weighted by Gasteiger charge is -2.25. The van der Waals surface area contributed by atoms with Crippen molar-refractivity contribution in [2.45, 2.75) is 13.0 Å². The second kappa shape index (κ2) is 8.48. The van der Waals surface area contributed by atoms with Crippen molar-refractivity contribution in [2.75, 3.05) is 18.9 Å². The number of fused-ring (bicyclic) bond motifs is 2. The van der Waals surface area contributed by atoms with E-state index in [1.165, 1.54) is 21.9 Å². The molecule has 162 valence electrons. The van der Waals surface area contributed by atoms with Crippen LogP contribution in [0.15, 0.2) is 58.1 Å². The Labute approximate surface area is 202 Å². The van der Waals surface area contributed by atoms with Gasteiger partial charge in [-0.2, -0.15) is 0 Å². The predicted molar refractivity (Wildman–Crippen MR) is 133 cm³/mol. The number of rotatable bonds is 3. The first-order valence-electron chi connectivity index (χ1n) is 10.0. The molecule has 0 aliphatic carbocycles. The molecule has 0 bridgehead atoms.